The smallest absolute Gasteiger partial charge is 0.138 e. The van der Waals surface area contributed by atoms with E-state index in [1.54, 1.807) is 0 Å². The molecule has 1 unspecified atom stereocenters. The third kappa shape index (κ3) is 35.4. The monoisotopic (exact) mass is 642 g/mol. The first kappa shape index (κ1) is 44.5. The zero-order valence-electron chi connectivity index (χ0n) is 31.5. The summed E-state index contributed by atoms with van der Waals surface area (Å²) in [7, 11) is 4.14. The van der Waals surface area contributed by atoms with Crippen LogP contribution in [0.5, 0.6) is 0 Å². The summed E-state index contributed by atoms with van der Waals surface area (Å²) in [5.74, 6) is 0.531. The molecule has 0 aliphatic heterocycles. The number of nitrogens with zero attached hydrogens (tertiary/aromatic N) is 1. The van der Waals surface area contributed by atoms with Gasteiger partial charge in [-0.3, -0.25) is 4.79 Å². The largest absolute Gasteiger partial charge is 0.379 e. The van der Waals surface area contributed by atoms with Gasteiger partial charge < -0.3 is 9.64 Å². The summed E-state index contributed by atoms with van der Waals surface area (Å²) >= 11 is 0. The predicted molar refractivity (Wildman–Crippen MR) is 206 cm³/mol. The number of allylic oxidation sites excluding steroid dienone is 8. The number of hydrogen-bond donors (Lipinski definition) is 0. The highest BCUT2D eigenvalue weighted by Crippen LogP contribution is 2.18. The van der Waals surface area contributed by atoms with Gasteiger partial charge in [-0.25, -0.2) is 0 Å². The first-order chi connectivity index (χ1) is 22.6. The van der Waals surface area contributed by atoms with Crippen LogP contribution in [0.2, 0.25) is 0 Å². The fourth-order valence-corrected chi connectivity index (χ4v) is 5.68. The minimum absolute atomic E-state index is 0.0889. The molecule has 0 bridgehead atoms. The van der Waals surface area contributed by atoms with Gasteiger partial charge in [-0.05, 0) is 91.1 Å². The highest BCUT2D eigenvalue weighted by Gasteiger charge is 2.18. The molecule has 0 radical (unpaired) electrons. The van der Waals surface area contributed by atoms with E-state index in [2.05, 4.69) is 81.5 Å². The third-order valence-electron chi connectivity index (χ3n) is 8.83. The molecule has 0 rings (SSSR count). The topological polar surface area (TPSA) is 29.5 Å². The van der Waals surface area contributed by atoms with E-state index in [0.717, 1.165) is 45.1 Å². The molecule has 0 aromatic heterocycles. The van der Waals surface area contributed by atoms with E-state index in [1.807, 2.05) is 0 Å². The van der Waals surface area contributed by atoms with Crippen molar-refractivity contribution in [2.45, 2.75) is 181 Å². The highest BCUT2D eigenvalue weighted by atomic mass is 16.5. The Morgan fingerprint density at radius 1 is 0.543 bits per heavy atom. The molecule has 0 N–H and O–H groups in total. The Morgan fingerprint density at radius 2 is 0.957 bits per heavy atom. The minimum atomic E-state index is 0.0889. The molecule has 46 heavy (non-hydrogen) atoms. The second kappa shape index (κ2) is 38.0. The Balaban J connectivity index is 3.96. The van der Waals surface area contributed by atoms with Crippen LogP contribution in [-0.2, 0) is 9.53 Å². The molecule has 0 heterocycles. The molecule has 0 aromatic carbocycles. The first-order valence-electron chi connectivity index (χ1n) is 20.0. The molecule has 268 valence electrons. The minimum Gasteiger partial charge on any atom is -0.379 e. The van der Waals surface area contributed by atoms with Gasteiger partial charge in [0.05, 0.1) is 13.2 Å². The molecule has 0 amide bonds. The summed E-state index contributed by atoms with van der Waals surface area (Å²) in [4.78, 5) is 15.2. The summed E-state index contributed by atoms with van der Waals surface area (Å²) in [6.45, 7) is 6.75. The zero-order valence-corrected chi connectivity index (χ0v) is 31.5. The van der Waals surface area contributed by atoms with Crippen molar-refractivity contribution in [2.24, 2.45) is 5.92 Å². The molecule has 0 fully saturated rings. The van der Waals surface area contributed by atoms with Crippen LogP contribution < -0.4 is 0 Å². The lowest BCUT2D eigenvalue weighted by atomic mass is 9.93. The lowest BCUT2D eigenvalue weighted by Crippen LogP contribution is -2.24. The summed E-state index contributed by atoms with van der Waals surface area (Å²) < 4.78 is 5.96. The van der Waals surface area contributed by atoms with Gasteiger partial charge >= 0.3 is 0 Å². The summed E-state index contributed by atoms with van der Waals surface area (Å²) in [6, 6.07) is 0. The van der Waals surface area contributed by atoms with Gasteiger partial charge in [0.15, 0.2) is 0 Å². The number of Topliss-reactive ketones (excluding diaryl/α,β-unsaturated/α-hetero) is 1. The van der Waals surface area contributed by atoms with Crippen molar-refractivity contribution in [2.75, 3.05) is 33.9 Å². The van der Waals surface area contributed by atoms with Crippen molar-refractivity contribution in [1.29, 1.82) is 0 Å². The normalized spacial score (nSPS) is 13.1. The fraction of sp³-hybridized carbons (Fsp3) is 0.791. The van der Waals surface area contributed by atoms with Crippen LogP contribution in [0.1, 0.15) is 181 Å². The summed E-state index contributed by atoms with van der Waals surface area (Å²) in [5, 5.41) is 0. The van der Waals surface area contributed by atoms with E-state index < -0.39 is 0 Å². The van der Waals surface area contributed by atoms with Crippen molar-refractivity contribution in [3.05, 3.63) is 48.6 Å². The second-order valence-corrected chi connectivity index (χ2v) is 13.7. The Hall–Kier alpha value is -1.45. The van der Waals surface area contributed by atoms with E-state index in [1.165, 1.54) is 128 Å². The molecule has 1 atom stereocenters. The number of likely N-dealkylation sites (N-methyl/N-ethyl adjacent to an activating group) is 1. The number of rotatable bonds is 36. The van der Waals surface area contributed by atoms with E-state index in [-0.39, 0.29) is 5.92 Å². The number of ketones is 1. The van der Waals surface area contributed by atoms with Gasteiger partial charge in [0, 0.05) is 18.9 Å². The van der Waals surface area contributed by atoms with Crippen molar-refractivity contribution in [1.82, 2.24) is 4.90 Å². The Labute approximate surface area is 288 Å². The molecule has 0 saturated heterocycles. The van der Waals surface area contributed by atoms with Gasteiger partial charge in [-0.2, -0.15) is 0 Å². The molecule has 3 nitrogen and oxygen atoms in total. The fourth-order valence-electron chi connectivity index (χ4n) is 5.68. The lowest BCUT2D eigenvalue weighted by molar-refractivity contribution is -0.125. The molecule has 0 aromatic rings. The molecule has 0 spiro atoms. The first-order valence-corrected chi connectivity index (χ1v) is 20.0. The van der Waals surface area contributed by atoms with E-state index in [0.29, 0.717) is 19.0 Å². The molecular weight excluding hydrogens is 562 g/mol. The van der Waals surface area contributed by atoms with Crippen LogP contribution in [0.15, 0.2) is 48.6 Å². The number of carbonyl (C=O) groups excluding carboxylic acids is 1. The highest BCUT2D eigenvalue weighted by molar-refractivity contribution is 5.81. The Morgan fingerprint density at radius 3 is 1.41 bits per heavy atom. The van der Waals surface area contributed by atoms with Crippen LogP contribution >= 0.6 is 0 Å². The van der Waals surface area contributed by atoms with Crippen LogP contribution in [-0.4, -0.2) is 44.5 Å². The van der Waals surface area contributed by atoms with Crippen molar-refractivity contribution < 1.29 is 9.53 Å². The number of ether oxygens (including phenoxy) is 1. The van der Waals surface area contributed by atoms with Crippen molar-refractivity contribution in [3.63, 3.8) is 0 Å². The third-order valence-corrected chi connectivity index (χ3v) is 8.83. The lowest BCUT2D eigenvalue weighted by Gasteiger charge is -2.17. The number of unbranched alkanes of at least 4 members (excludes halogenated alkanes) is 18. The molecule has 0 aliphatic rings. The van der Waals surface area contributed by atoms with Crippen molar-refractivity contribution in [3.8, 4) is 0 Å². The molecular formula is C43H79NO2. The molecule has 0 aliphatic carbocycles. The predicted octanol–water partition coefficient (Wildman–Crippen LogP) is 13.2. The quantitative estimate of drug-likeness (QED) is 0.0503. The Kier molecular flexibility index (Phi) is 36.8. The van der Waals surface area contributed by atoms with Gasteiger partial charge in [0.1, 0.15) is 5.78 Å². The van der Waals surface area contributed by atoms with Gasteiger partial charge in [0.2, 0.25) is 0 Å². The van der Waals surface area contributed by atoms with Crippen LogP contribution in [0.25, 0.3) is 0 Å². The number of carbonyl (C=O) groups is 1. The number of hydrogen-bond acceptors (Lipinski definition) is 3. The van der Waals surface area contributed by atoms with E-state index in [4.69, 9.17) is 4.74 Å². The van der Waals surface area contributed by atoms with E-state index >= 15 is 0 Å². The van der Waals surface area contributed by atoms with Crippen LogP contribution in [0, 0.1) is 5.92 Å². The van der Waals surface area contributed by atoms with E-state index in [9.17, 15) is 4.79 Å². The second-order valence-electron chi connectivity index (χ2n) is 13.7. The molecule has 0 saturated carbocycles. The maximum Gasteiger partial charge on any atom is 0.138 e. The van der Waals surface area contributed by atoms with Crippen LogP contribution in [0.3, 0.4) is 0 Å². The zero-order chi connectivity index (χ0) is 33.6. The average molecular weight is 642 g/mol. The SMILES string of the molecule is CCCCC/C=C\C/C=C\CCCCCCCCC(=O)C(CCCCCCCC/C=C\C/C=C\CCCCC)COCCN(C)C. The van der Waals surface area contributed by atoms with Crippen molar-refractivity contribution >= 4 is 5.78 Å². The maximum atomic E-state index is 13.1. The maximum absolute atomic E-state index is 13.1. The summed E-state index contributed by atoms with van der Waals surface area (Å²) in [6.07, 6.45) is 50.4. The average Bonchev–Trinajstić information content (AvgIpc) is 3.05. The standard InChI is InChI=1S/C43H79NO2/c1-5-7-9-11-13-15-17-19-21-23-25-27-29-31-33-35-37-42(41-46-40-39-44(3)4)43(45)38-36-34-32-30-28-26-24-22-20-18-16-14-12-10-8-6-2/h13-16,19-22,42H,5-12,17-18,23-41H2,1-4H3/b15-13-,16-14-,21-19-,22-20-. The van der Waals surface area contributed by atoms with Gasteiger partial charge in [0.25, 0.3) is 0 Å². The molecule has 3 heteroatoms. The Bertz CT molecular complexity index is 735. The van der Waals surface area contributed by atoms with Gasteiger partial charge in [-0.15, -0.1) is 0 Å². The summed E-state index contributed by atoms with van der Waals surface area (Å²) in [5.41, 5.74) is 0. The van der Waals surface area contributed by atoms with Crippen LogP contribution in [0.4, 0.5) is 0 Å². The van der Waals surface area contributed by atoms with Gasteiger partial charge in [-0.1, -0.05) is 146 Å².